The summed E-state index contributed by atoms with van der Waals surface area (Å²) in [6.45, 7) is 1.59. The Balaban J connectivity index is 2.60. The van der Waals surface area contributed by atoms with Crippen LogP contribution in [0, 0.1) is 0 Å². The average molecular weight is 276 g/mol. The maximum atomic E-state index is 10.8. The molecule has 3 heteroatoms. The number of benzene rings is 1. The zero-order valence-corrected chi connectivity index (χ0v) is 10.3. The van der Waals surface area contributed by atoms with E-state index in [0.29, 0.717) is 12.8 Å². The summed E-state index contributed by atoms with van der Waals surface area (Å²) < 4.78 is 1.02. The van der Waals surface area contributed by atoms with Crippen LogP contribution in [-0.2, 0) is 4.79 Å². The van der Waals surface area contributed by atoms with Gasteiger partial charge in [-0.3, -0.25) is 0 Å². The lowest BCUT2D eigenvalue weighted by Crippen LogP contribution is -1.95. The van der Waals surface area contributed by atoms with Crippen molar-refractivity contribution in [1.29, 1.82) is 0 Å². The summed E-state index contributed by atoms with van der Waals surface area (Å²) in [4.78, 5) is 10.8. The summed E-state index contributed by atoms with van der Waals surface area (Å²) in [6, 6.07) is 7.86. The van der Waals surface area contributed by atoms with Gasteiger partial charge in [0.25, 0.3) is 0 Å². The molecule has 1 aromatic rings. The third-order valence-electron chi connectivity index (χ3n) is 1.96. The summed E-state index contributed by atoms with van der Waals surface area (Å²) in [5, 5.41) is -0.0728. The lowest BCUT2D eigenvalue weighted by Gasteiger charge is -2.08. The minimum atomic E-state index is -0.0728. The van der Waals surface area contributed by atoms with Gasteiger partial charge in [0.1, 0.15) is 5.78 Å². The van der Waals surface area contributed by atoms with E-state index in [-0.39, 0.29) is 11.2 Å². The number of ketones is 1. The highest BCUT2D eigenvalue weighted by molar-refractivity contribution is 9.10. The van der Waals surface area contributed by atoms with E-state index in [1.54, 1.807) is 6.92 Å². The van der Waals surface area contributed by atoms with Crippen LogP contribution >= 0.6 is 27.5 Å². The molecule has 76 valence electrons. The molecule has 0 aliphatic rings. The van der Waals surface area contributed by atoms with Gasteiger partial charge in [0.2, 0.25) is 0 Å². The SMILES string of the molecule is CC(=O)CCC(Cl)c1cccc(Br)c1. The van der Waals surface area contributed by atoms with Crippen molar-refractivity contribution in [2.75, 3.05) is 0 Å². The smallest absolute Gasteiger partial charge is 0.129 e. The summed E-state index contributed by atoms with van der Waals surface area (Å²) >= 11 is 9.53. The highest BCUT2D eigenvalue weighted by atomic mass is 79.9. The van der Waals surface area contributed by atoms with Crippen molar-refractivity contribution in [3.63, 3.8) is 0 Å². The fraction of sp³-hybridized carbons (Fsp3) is 0.364. The number of rotatable bonds is 4. The van der Waals surface area contributed by atoms with Crippen molar-refractivity contribution >= 4 is 33.3 Å². The van der Waals surface area contributed by atoms with E-state index in [9.17, 15) is 4.79 Å². The Morgan fingerprint density at radius 2 is 2.29 bits per heavy atom. The molecule has 1 rings (SSSR count). The van der Waals surface area contributed by atoms with Crippen molar-refractivity contribution in [2.24, 2.45) is 0 Å². The number of alkyl halides is 1. The second-order valence-corrected chi connectivity index (χ2v) is 4.71. The molecular weight excluding hydrogens is 263 g/mol. The minimum Gasteiger partial charge on any atom is -0.300 e. The maximum Gasteiger partial charge on any atom is 0.129 e. The van der Waals surface area contributed by atoms with Crippen molar-refractivity contribution in [2.45, 2.75) is 25.1 Å². The zero-order valence-electron chi connectivity index (χ0n) is 7.97. The summed E-state index contributed by atoms with van der Waals surface area (Å²) in [5.74, 6) is 0.186. The van der Waals surface area contributed by atoms with Gasteiger partial charge in [-0.2, -0.15) is 0 Å². The van der Waals surface area contributed by atoms with E-state index in [2.05, 4.69) is 15.9 Å². The van der Waals surface area contributed by atoms with Crippen molar-refractivity contribution in [1.82, 2.24) is 0 Å². The first-order valence-corrected chi connectivity index (χ1v) is 5.71. The van der Waals surface area contributed by atoms with Crippen molar-refractivity contribution in [3.8, 4) is 0 Å². The van der Waals surface area contributed by atoms with Gasteiger partial charge < -0.3 is 4.79 Å². The number of carbonyl (C=O) groups is 1. The normalized spacial score (nSPS) is 12.5. The molecule has 0 saturated carbocycles. The van der Waals surface area contributed by atoms with Crippen molar-refractivity contribution in [3.05, 3.63) is 34.3 Å². The van der Waals surface area contributed by atoms with Gasteiger partial charge in [0.05, 0.1) is 5.38 Å². The second kappa shape index (κ2) is 5.52. The summed E-state index contributed by atoms with van der Waals surface area (Å²) in [6.07, 6.45) is 1.24. The Kier molecular flexibility index (Phi) is 4.63. The highest BCUT2D eigenvalue weighted by Crippen LogP contribution is 2.27. The molecule has 0 N–H and O–H groups in total. The van der Waals surface area contributed by atoms with Crippen molar-refractivity contribution < 1.29 is 4.79 Å². The number of halogens is 2. The molecule has 0 saturated heterocycles. The molecule has 0 amide bonds. The molecule has 0 aromatic heterocycles. The molecule has 0 spiro atoms. The van der Waals surface area contributed by atoms with E-state index in [1.807, 2.05) is 24.3 Å². The van der Waals surface area contributed by atoms with E-state index >= 15 is 0 Å². The average Bonchev–Trinajstić information content (AvgIpc) is 2.14. The topological polar surface area (TPSA) is 17.1 Å². The Bertz CT molecular complexity index is 325. The molecule has 1 unspecified atom stereocenters. The van der Waals surface area contributed by atoms with Gasteiger partial charge in [-0.05, 0) is 31.0 Å². The van der Waals surface area contributed by atoms with E-state index in [1.165, 1.54) is 0 Å². The largest absolute Gasteiger partial charge is 0.300 e. The molecule has 0 radical (unpaired) electrons. The van der Waals surface area contributed by atoms with Crippen LogP contribution in [0.5, 0.6) is 0 Å². The molecule has 1 atom stereocenters. The second-order valence-electron chi connectivity index (χ2n) is 3.26. The van der Waals surface area contributed by atoms with Gasteiger partial charge in [-0.1, -0.05) is 28.1 Å². The van der Waals surface area contributed by atoms with Gasteiger partial charge in [0, 0.05) is 10.9 Å². The first-order valence-electron chi connectivity index (χ1n) is 4.48. The molecule has 1 nitrogen and oxygen atoms in total. The lowest BCUT2D eigenvalue weighted by molar-refractivity contribution is -0.117. The minimum absolute atomic E-state index is 0.0728. The lowest BCUT2D eigenvalue weighted by atomic mass is 10.1. The van der Waals surface area contributed by atoms with Gasteiger partial charge in [-0.15, -0.1) is 11.6 Å². The fourth-order valence-corrected chi connectivity index (χ4v) is 1.86. The molecule has 14 heavy (non-hydrogen) atoms. The summed E-state index contributed by atoms with van der Waals surface area (Å²) in [5.41, 5.74) is 1.06. The predicted molar refractivity (Wildman–Crippen MR) is 62.7 cm³/mol. The fourth-order valence-electron chi connectivity index (χ4n) is 1.20. The van der Waals surface area contributed by atoms with Crippen LogP contribution in [0.3, 0.4) is 0 Å². The molecule has 0 heterocycles. The number of hydrogen-bond donors (Lipinski definition) is 0. The quantitative estimate of drug-likeness (QED) is 0.756. The Morgan fingerprint density at radius 3 is 2.86 bits per heavy atom. The Hall–Kier alpha value is -0.340. The number of hydrogen-bond acceptors (Lipinski definition) is 1. The Labute approximate surface area is 97.6 Å². The predicted octanol–water partition coefficient (Wildman–Crippen LogP) is 4.10. The zero-order chi connectivity index (χ0) is 10.6. The molecule has 0 aliphatic heterocycles. The monoisotopic (exact) mass is 274 g/mol. The number of carbonyl (C=O) groups excluding carboxylic acids is 1. The van der Waals surface area contributed by atoms with E-state index in [4.69, 9.17) is 11.6 Å². The molecule has 1 aromatic carbocycles. The third-order valence-corrected chi connectivity index (χ3v) is 2.92. The summed E-state index contributed by atoms with van der Waals surface area (Å²) in [7, 11) is 0. The Morgan fingerprint density at radius 1 is 1.57 bits per heavy atom. The van der Waals surface area contributed by atoms with Crippen LogP contribution < -0.4 is 0 Å². The highest BCUT2D eigenvalue weighted by Gasteiger charge is 2.08. The first kappa shape index (κ1) is 11.7. The van der Waals surface area contributed by atoms with Gasteiger partial charge >= 0.3 is 0 Å². The molecule has 0 bridgehead atoms. The van der Waals surface area contributed by atoms with Gasteiger partial charge in [0.15, 0.2) is 0 Å². The van der Waals surface area contributed by atoms with Crippen LogP contribution in [0.15, 0.2) is 28.7 Å². The van der Waals surface area contributed by atoms with E-state index < -0.39 is 0 Å². The molecular formula is C11H12BrClO. The first-order chi connectivity index (χ1) is 6.59. The third kappa shape index (κ3) is 3.81. The van der Waals surface area contributed by atoms with E-state index in [0.717, 1.165) is 10.0 Å². The van der Waals surface area contributed by atoms with Crippen LogP contribution in [0.25, 0.3) is 0 Å². The van der Waals surface area contributed by atoms with Crippen LogP contribution in [-0.4, -0.2) is 5.78 Å². The van der Waals surface area contributed by atoms with Crippen LogP contribution in [0.4, 0.5) is 0 Å². The molecule has 0 aliphatic carbocycles. The molecule has 0 fully saturated rings. The standard InChI is InChI=1S/C11H12BrClO/c1-8(14)5-6-11(13)9-3-2-4-10(12)7-9/h2-4,7,11H,5-6H2,1H3. The number of Topliss-reactive ketones (excluding diaryl/α,β-unsaturated/α-hetero) is 1. The van der Waals surface area contributed by atoms with Crippen LogP contribution in [0.1, 0.15) is 30.7 Å². The van der Waals surface area contributed by atoms with Crippen LogP contribution in [0.2, 0.25) is 0 Å². The van der Waals surface area contributed by atoms with Gasteiger partial charge in [-0.25, -0.2) is 0 Å². The maximum absolute atomic E-state index is 10.8.